The van der Waals surface area contributed by atoms with Gasteiger partial charge in [0.05, 0.1) is 22.8 Å². The number of aromatic nitrogens is 3. The molecular formula is C18H18N4O2S2. The number of hydrogen-bond donors (Lipinski definition) is 1. The van der Waals surface area contributed by atoms with Crippen LogP contribution in [0.4, 0.5) is 0 Å². The van der Waals surface area contributed by atoms with Gasteiger partial charge in [0.2, 0.25) is 0 Å². The minimum absolute atomic E-state index is 0.141. The Morgan fingerprint density at radius 2 is 2.19 bits per heavy atom. The third kappa shape index (κ3) is 3.61. The van der Waals surface area contributed by atoms with Crippen LogP contribution in [0.2, 0.25) is 0 Å². The summed E-state index contributed by atoms with van der Waals surface area (Å²) < 4.78 is 1.44. The van der Waals surface area contributed by atoms with Crippen molar-refractivity contribution in [2.24, 2.45) is 0 Å². The molecule has 0 unspecified atom stereocenters. The number of amides is 1. The molecule has 1 fully saturated rings. The van der Waals surface area contributed by atoms with Crippen molar-refractivity contribution >= 4 is 28.6 Å². The third-order valence-corrected chi connectivity index (χ3v) is 6.42. The Hall–Kier alpha value is -2.32. The first-order valence-electron chi connectivity index (χ1n) is 8.49. The van der Waals surface area contributed by atoms with Gasteiger partial charge in [0.15, 0.2) is 0 Å². The molecule has 0 radical (unpaired) electrons. The first kappa shape index (κ1) is 17.1. The van der Waals surface area contributed by atoms with Crippen molar-refractivity contribution in [3.05, 3.63) is 56.3 Å². The van der Waals surface area contributed by atoms with Crippen LogP contribution in [0.15, 0.2) is 34.4 Å². The normalized spacial score (nSPS) is 13.7. The lowest BCUT2D eigenvalue weighted by molar-refractivity contribution is 0.0955. The van der Waals surface area contributed by atoms with Crippen molar-refractivity contribution in [1.82, 2.24) is 20.1 Å². The Morgan fingerprint density at radius 1 is 1.35 bits per heavy atom. The highest BCUT2D eigenvalue weighted by Crippen LogP contribution is 2.38. The molecule has 1 amide bonds. The number of thiazole rings is 1. The van der Waals surface area contributed by atoms with Gasteiger partial charge in [-0.15, -0.1) is 22.7 Å². The summed E-state index contributed by atoms with van der Waals surface area (Å²) in [5, 5.41) is 10.1. The monoisotopic (exact) mass is 386 g/mol. The summed E-state index contributed by atoms with van der Waals surface area (Å²) in [5.41, 5.74) is 1.55. The van der Waals surface area contributed by atoms with Crippen LogP contribution in [0.1, 0.15) is 39.8 Å². The first-order valence-corrected chi connectivity index (χ1v) is 10.2. The van der Waals surface area contributed by atoms with Crippen molar-refractivity contribution < 1.29 is 4.79 Å². The van der Waals surface area contributed by atoms with Crippen LogP contribution in [0, 0.1) is 6.92 Å². The summed E-state index contributed by atoms with van der Waals surface area (Å²) in [6, 6.07) is 7.33. The quantitative estimate of drug-likeness (QED) is 0.706. The number of hydrogen-bond acceptors (Lipinski definition) is 6. The fourth-order valence-corrected chi connectivity index (χ4v) is 4.47. The zero-order valence-corrected chi connectivity index (χ0v) is 15.9. The Kier molecular flexibility index (Phi) is 4.69. The number of nitrogens with zero attached hydrogens (tertiary/aromatic N) is 3. The maximum atomic E-state index is 12.5. The number of rotatable bonds is 6. The van der Waals surface area contributed by atoms with Crippen LogP contribution >= 0.6 is 22.7 Å². The highest BCUT2D eigenvalue weighted by atomic mass is 32.1. The van der Waals surface area contributed by atoms with E-state index in [1.807, 2.05) is 30.5 Å². The highest BCUT2D eigenvalue weighted by Gasteiger charge is 2.25. The van der Waals surface area contributed by atoms with E-state index in [1.54, 1.807) is 17.4 Å². The largest absolute Gasteiger partial charge is 0.349 e. The van der Waals surface area contributed by atoms with Gasteiger partial charge in [0.1, 0.15) is 9.88 Å². The lowest BCUT2D eigenvalue weighted by Crippen LogP contribution is -2.32. The van der Waals surface area contributed by atoms with Gasteiger partial charge in [-0.1, -0.05) is 6.07 Å². The molecular weight excluding hydrogens is 368 g/mol. The molecule has 3 heterocycles. The van der Waals surface area contributed by atoms with Crippen molar-refractivity contribution in [1.29, 1.82) is 0 Å². The van der Waals surface area contributed by atoms with Gasteiger partial charge in [-0.25, -0.2) is 9.67 Å². The van der Waals surface area contributed by atoms with Crippen LogP contribution < -0.4 is 10.9 Å². The van der Waals surface area contributed by atoms with Crippen LogP contribution in [0.3, 0.4) is 0 Å². The maximum absolute atomic E-state index is 12.5. The Morgan fingerprint density at radius 3 is 2.92 bits per heavy atom. The number of carbonyl (C=O) groups excluding carboxylic acids is 1. The zero-order valence-electron chi connectivity index (χ0n) is 14.3. The summed E-state index contributed by atoms with van der Waals surface area (Å²) in [7, 11) is 0. The Bertz CT molecular complexity index is 987. The summed E-state index contributed by atoms with van der Waals surface area (Å²) in [6.45, 7) is 2.56. The molecule has 0 bridgehead atoms. The van der Waals surface area contributed by atoms with Crippen LogP contribution in [-0.2, 0) is 6.54 Å². The predicted octanol–water partition coefficient (Wildman–Crippen LogP) is 3.04. The van der Waals surface area contributed by atoms with Gasteiger partial charge >= 0.3 is 0 Å². The second-order valence-corrected chi connectivity index (χ2v) is 8.21. The molecule has 8 heteroatoms. The van der Waals surface area contributed by atoms with Gasteiger partial charge in [-0.05, 0) is 37.3 Å². The fourth-order valence-electron chi connectivity index (χ4n) is 2.69. The topological polar surface area (TPSA) is 76.9 Å². The number of aryl methyl sites for hydroxylation is 1. The molecule has 0 aliphatic heterocycles. The smallest absolute Gasteiger partial charge is 0.266 e. The standard InChI is InChI=1S/C18H18N4O2S2/c1-11-16(26-18(20-11)14-3-2-10-25-14)17(24)19-8-9-22-15(23)7-6-13(21-22)12-4-5-12/h2-3,6-7,10,12H,4-5,8-9H2,1H3,(H,19,24). The van der Waals surface area contributed by atoms with Crippen molar-refractivity contribution in [3.63, 3.8) is 0 Å². The minimum atomic E-state index is -0.158. The van der Waals surface area contributed by atoms with Gasteiger partial charge in [-0.2, -0.15) is 5.10 Å². The maximum Gasteiger partial charge on any atom is 0.266 e. The van der Waals surface area contributed by atoms with E-state index in [0.717, 1.165) is 34.1 Å². The molecule has 0 aromatic carbocycles. The SMILES string of the molecule is Cc1nc(-c2cccs2)sc1C(=O)NCCn1nc(C2CC2)ccc1=O. The molecule has 0 saturated heterocycles. The molecule has 1 aliphatic carbocycles. The van der Waals surface area contributed by atoms with Gasteiger partial charge < -0.3 is 5.32 Å². The summed E-state index contributed by atoms with van der Waals surface area (Å²) in [5.74, 6) is 0.334. The van der Waals surface area contributed by atoms with Crippen LogP contribution in [-0.4, -0.2) is 27.2 Å². The van der Waals surface area contributed by atoms with E-state index >= 15 is 0 Å². The zero-order chi connectivity index (χ0) is 18.1. The lowest BCUT2D eigenvalue weighted by Gasteiger charge is -2.07. The van der Waals surface area contributed by atoms with E-state index in [9.17, 15) is 9.59 Å². The number of carbonyl (C=O) groups is 1. The van der Waals surface area contributed by atoms with Crippen LogP contribution in [0.5, 0.6) is 0 Å². The summed E-state index contributed by atoms with van der Waals surface area (Å²) in [4.78, 5) is 30.6. The lowest BCUT2D eigenvalue weighted by atomic mass is 10.3. The third-order valence-electron chi connectivity index (χ3n) is 4.23. The van der Waals surface area contributed by atoms with Gasteiger partial charge in [-0.3, -0.25) is 9.59 Å². The summed E-state index contributed by atoms with van der Waals surface area (Å²) in [6.07, 6.45) is 2.28. The first-order chi connectivity index (χ1) is 12.6. The molecule has 134 valence electrons. The fraction of sp³-hybridized carbons (Fsp3) is 0.333. The number of thiophene rings is 1. The van der Waals surface area contributed by atoms with E-state index in [-0.39, 0.29) is 11.5 Å². The summed E-state index contributed by atoms with van der Waals surface area (Å²) >= 11 is 3.00. The molecule has 1 N–H and O–H groups in total. The Labute approximate surface area is 158 Å². The van der Waals surface area contributed by atoms with Crippen molar-refractivity contribution in [2.75, 3.05) is 6.54 Å². The van der Waals surface area contributed by atoms with Gasteiger partial charge in [0.25, 0.3) is 11.5 Å². The molecule has 3 aromatic heterocycles. The second-order valence-electron chi connectivity index (χ2n) is 6.26. The molecule has 1 saturated carbocycles. The molecule has 0 spiro atoms. The molecule has 3 aromatic rings. The second kappa shape index (κ2) is 7.13. The average molecular weight is 387 g/mol. The van der Waals surface area contributed by atoms with E-state index < -0.39 is 0 Å². The predicted molar refractivity (Wildman–Crippen MR) is 103 cm³/mol. The highest BCUT2D eigenvalue weighted by molar-refractivity contribution is 7.22. The average Bonchev–Trinajstić information content (AvgIpc) is 3.18. The Balaban J connectivity index is 1.40. The van der Waals surface area contributed by atoms with Gasteiger partial charge in [0, 0.05) is 18.5 Å². The van der Waals surface area contributed by atoms with E-state index in [0.29, 0.717) is 23.9 Å². The van der Waals surface area contributed by atoms with Crippen LogP contribution in [0.25, 0.3) is 9.88 Å². The molecule has 0 atom stereocenters. The van der Waals surface area contributed by atoms with E-state index in [2.05, 4.69) is 15.4 Å². The van der Waals surface area contributed by atoms with E-state index in [1.165, 1.54) is 16.0 Å². The minimum Gasteiger partial charge on any atom is -0.349 e. The van der Waals surface area contributed by atoms with Crippen molar-refractivity contribution in [2.45, 2.75) is 32.2 Å². The molecule has 6 nitrogen and oxygen atoms in total. The van der Waals surface area contributed by atoms with E-state index in [4.69, 9.17) is 0 Å². The van der Waals surface area contributed by atoms with Crippen molar-refractivity contribution in [3.8, 4) is 9.88 Å². The molecule has 1 aliphatic rings. The molecule has 4 rings (SSSR count). The number of nitrogens with one attached hydrogen (secondary N) is 1. The molecule has 26 heavy (non-hydrogen) atoms.